The lowest BCUT2D eigenvalue weighted by Crippen LogP contribution is -2.09. The first-order valence-corrected chi connectivity index (χ1v) is 7.74. The second-order valence-electron chi connectivity index (χ2n) is 4.56. The topological polar surface area (TPSA) is 78.2 Å². The van der Waals surface area contributed by atoms with Crippen molar-refractivity contribution in [1.29, 1.82) is 0 Å². The quantitative estimate of drug-likeness (QED) is 0.711. The molecule has 0 saturated heterocycles. The van der Waals surface area contributed by atoms with Gasteiger partial charge in [-0.05, 0) is 56.1 Å². The van der Waals surface area contributed by atoms with Crippen LogP contribution in [0.3, 0.4) is 0 Å². The van der Waals surface area contributed by atoms with E-state index in [1.165, 1.54) is 0 Å². The van der Waals surface area contributed by atoms with Crippen molar-refractivity contribution in [3.05, 3.63) is 45.0 Å². The summed E-state index contributed by atoms with van der Waals surface area (Å²) < 4.78 is 1.47. The second kappa shape index (κ2) is 6.97. The second-order valence-corrected chi connectivity index (χ2v) is 6.33. The number of benzene rings is 1. The Morgan fingerprint density at radius 1 is 1.23 bits per heavy atom. The molecule has 1 heterocycles. The largest absolute Gasteiger partial charge is 0.478 e. The van der Waals surface area contributed by atoms with Gasteiger partial charge in [0.1, 0.15) is 5.69 Å². The standard InChI is InChI=1S/C14H12Br2N4O2/c1-20(2)9-3-4-12(10(6-9)14(21)22)18-19-13-11(16)5-8(15)7-17-13/h3-7H,1-2H3,(H,21,22). The molecule has 114 valence electrons. The Morgan fingerprint density at radius 2 is 1.95 bits per heavy atom. The van der Waals surface area contributed by atoms with Crippen LogP contribution in [-0.4, -0.2) is 30.2 Å². The fourth-order valence-electron chi connectivity index (χ4n) is 1.64. The molecule has 2 aromatic rings. The van der Waals surface area contributed by atoms with Crippen molar-refractivity contribution in [3.8, 4) is 0 Å². The number of pyridine rings is 1. The van der Waals surface area contributed by atoms with Crippen LogP contribution in [0.25, 0.3) is 0 Å². The Morgan fingerprint density at radius 3 is 2.55 bits per heavy atom. The Hall–Kier alpha value is -1.80. The van der Waals surface area contributed by atoms with Gasteiger partial charge in [-0.3, -0.25) is 0 Å². The molecule has 1 N–H and O–H groups in total. The number of carboxylic acids is 1. The molecule has 0 aliphatic rings. The molecule has 0 amide bonds. The van der Waals surface area contributed by atoms with E-state index in [0.717, 1.165) is 10.2 Å². The van der Waals surface area contributed by atoms with Crippen LogP contribution < -0.4 is 4.90 Å². The number of nitrogens with zero attached hydrogens (tertiary/aromatic N) is 4. The first-order valence-electron chi connectivity index (χ1n) is 6.16. The van der Waals surface area contributed by atoms with E-state index in [4.69, 9.17) is 0 Å². The Bertz CT molecular complexity index is 748. The highest BCUT2D eigenvalue weighted by Crippen LogP contribution is 2.29. The van der Waals surface area contributed by atoms with Gasteiger partial charge in [-0.25, -0.2) is 9.78 Å². The smallest absolute Gasteiger partial charge is 0.338 e. The van der Waals surface area contributed by atoms with Gasteiger partial charge in [-0.1, -0.05) is 0 Å². The maximum atomic E-state index is 11.4. The van der Waals surface area contributed by atoms with E-state index in [9.17, 15) is 9.90 Å². The molecule has 0 atom stereocenters. The van der Waals surface area contributed by atoms with Crippen LogP contribution in [0.2, 0.25) is 0 Å². The fourth-order valence-corrected chi connectivity index (χ4v) is 2.71. The van der Waals surface area contributed by atoms with Crippen LogP contribution in [0, 0.1) is 0 Å². The number of carbonyl (C=O) groups is 1. The maximum absolute atomic E-state index is 11.4. The predicted octanol–water partition coefficient (Wildman–Crippen LogP) is 4.79. The molecule has 0 aliphatic carbocycles. The zero-order valence-electron chi connectivity index (χ0n) is 11.8. The highest BCUT2D eigenvalue weighted by molar-refractivity contribution is 9.11. The summed E-state index contributed by atoms with van der Waals surface area (Å²) in [6, 6.07) is 6.75. The number of carboxylic acid groups (broad SMARTS) is 1. The first kappa shape index (κ1) is 16.6. The van der Waals surface area contributed by atoms with E-state index >= 15 is 0 Å². The number of azo groups is 1. The average molecular weight is 428 g/mol. The van der Waals surface area contributed by atoms with Gasteiger partial charge in [0.2, 0.25) is 0 Å². The number of hydrogen-bond donors (Lipinski definition) is 1. The maximum Gasteiger partial charge on any atom is 0.338 e. The third-order valence-corrected chi connectivity index (χ3v) is 3.79. The van der Waals surface area contributed by atoms with Crippen LogP contribution in [-0.2, 0) is 0 Å². The van der Waals surface area contributed by atoms with Crippen molar-refractivity contribution in [2.45, 2.75) is 0 Å². The van der Waals surface area contributed by atoms with E-state index in [-0.39, 0.29) is 11.3 Å². The van der Waals surface area contributed by atoms with E-state index in [1.54, 1.807) is 30.5 Å². The number of hydrogen-bond acceptors (Lipinski definition) is 5. The van der Waals surface area contributed by atoms with Crippen molar-refractivity contribution < 1.29 is 9.90 Å². The van der Waals surface area contributed by atoms with Gasteiger partial charge in [0, 0.05) is 30.5 Å². The minimum Gasteiger partial charge on any atom is -0.478 e. The third kappa shape index (κ3) is 3.89. The predicted molar refractivity (Wildman–Crippen MR) is 91.5 cm³/mol. The lowest BCUT2D eigenvalue weighted by molar-refractivity contribution is 0.0698. The highest BCUT2D eigenvalue weighted by Gasteiger charge is 2.12. The molecule has 8 heteroatoms. The number of aromatic nitrogens is 1. The minimum absolute atomic E-state index is 0.0863. The number of halogens is 2. The van der Waals surface area contributed by atoms with Crippen LogP contribution in [0.1, 0.15) is 10.4 Å². The molecule has 22 heavy (non-hydrogen) atoms. The average Bonchev–Trinajstić information content (AvgIpc) is 2.46. The molecule has 1 aromatic heterocycles. The first-order chi connectivity index (χ1) is 10.4. The van der Waals surface area contributed by atoms with Gasteiger partial charge in [-0.15, -0.1) is 10.2 Å². The van der Waals surface area contributed by atoms with Crippen molar-refractivity contribution >= 4 is 55.0 Å². The number of aromatic carboxylic acids is 1. The molecule has 0 unspecified atom stereocenters. The van der Waals surface area contributed by atoms with Gasteiger partial charge in [0.05, 0.1) is 10.0 Å². The van der Waals surface area contributed by atoms with E-state index < -0.39 is 5.97 Å². The SMILES string of the molecule is CN(C)c1ccc(N=Nc2ncc(Br)cc2Br)c(C(=O)O)c1. The van der Waals surface area contributed by atoms with Gasteiger partial charge in [0.25, 0.3) is 0 Å². The number of rotatable bonds is 4. The summed E-state index contributed by atoms with van der Waals surface area (Å²) in [5.41, 5.74) is 1.14. The molecule has 0 aliphatic heterocycles. The fraction of sp³-hybridized carbons (Fsp3) is 0.143. The monoisotopic (exact) mass is 426 g/mol. The summed E-state index contributed by atoms with van der Waals surface area (Å²) >= 11 is 6.63. The summed E-state index contributed by atoms with van der Waals surface area (Å²) in [6.07, 6.45) is 1.59. The summed E-state index contributed by atoms with van der Waals surface area (Å²) in [5.74, 6) is -0.684. The van der Waals surface area contributed by atoms with Gasteiger partial charge >= 0.3 is 5.97 Å². The van der Waals surface area contributed by atoms with Crippen LogP contribution in [0.5, 0.6) is 0 Å². The molecule has 0 radical (unpaired) electrons. The molecule has 0 bridgehead atoms. The number of anilines is 1. The Balaban J connectivity index is 2.40. The van der Waals surface area contributed by atoms with Crippen LogP contribution in [0.4, 0.5) is 17.2 Å². The molecule has 6 nitrogen and oxygen atoms in total. The zero-order chi connectivity index (χ0) is 16.3. The lowest BCUT2D eigenvalue weighted by Gasteiger charge is -2.13. The lowest BCUT2D eigenvalue weighted by atomic mass is 10.1. The third-order valence-electron chi connectivity index (χ3n) is 2.77. The van der Waals surface area contributed by atoms with Gasteiger partial charge in [-0.2, -0.15) is 0 Å². The molecule has 0 fully saturated rings. The van der Waals surface area contributed by atoms with Gasteiger partial charge in [0.15, 0.2) is 5.82 Å². The molecule has 0 saturated carbocycles. The summed E-state index contributed by atoms with van der Waals surface area (Å²) in [5, 5.41) is 17.3. The minimum atomic E-state index is -1.06. The molecule has 1 aromatic carbocycles. The molecule has 2 rings (SSSR count). The molecular formula is C14H12Br2N4O2. The highest BCUT2D eigenvalue weighted by atomic mass is 79.9. The summed E-state index contributed by atoms with van der Waals surface area (Å²) in [7, 11) is 3.68. The zero-order valence-corrected chi connectivity index (χ0v) is 15.0. The van der Waals surface area contributed by atoms with E-state index in [1.807, 2.05) is 19.0 Å². The van der Waals surface area contributed by atoms with Crippen molar-refractivity contribution in [2.24, 2.45) is 10.2 Å². The normalized spacial score (nSPS) is 10.9. The van der Waals surface area contributed by atoms with Crippen LogP contribution in [0.15, 0.2) is 49.6 Å². The Kier molecular flexibility index (Phi) is 5.25. The van der Waals surface area contributed by atoms with E-state index in [2.05, 4.69) is 47.1 Å². The summed E-state index contributed by atoms with van der Waals surface area (Å²) in [4.78, 5) is 17.3. The van der Waals surface area contributed by atoms with Gasteiger partial charge < -0.3 is 10.0 Å². The van der Waals surface area contributed by atoms with Crippen molar-refractivity contribution in [3.63, 3.8) is 0 Å². The molecular weight excluding hydrogens is 416 g/mol. The summed E-state index contributed by atoms with van der Waals surface area (Å²) in [6.45, 7) is 0. The van der Waals surface area contributed by atoms with Crippen molar-refractivity contribution in [1.82, 2.24) is 4.98 Å². The van der Waals surface area contributed by atoms with Crippen molar-refractivity contribution in [2.75, 3.05) is 19.0 Å². The van der Waals surface area contributed by atoms with E-state index in [0.29, 0.717) is 10.3 Å². The molecule has 0 spiro atoms. The van der Waals surface area contributed by atoms with Crippen LogP contribution >= 0.6 is 31.9 Å². The Labute approximate surface area is 144 Å².